The minimum atomic E-state index is -0.500. The van der Waals surface area contributed by atoms with Crippen molar-refractivity contribution in [1.82, 2.24) is 0 Å². The van der Waals surface area contributed by atoms with Crippen LogP contribution in [0.1, 0.15) is 11.5 Å². The van der Waals surface area contributed by atoms with E-state index in [2.05, 4.69) is 5.32 Å². The first-order chi connectivity index (χ1) is 10.1. The second-order valence-corrected chi connectivity index (χ2v) is 4.30. The lowest BCUT2D eigenvalue weighted by Crippen LogP contribution is -2.13. The van der Waals surface area contributed by atoms with Crippen LogP contribution in [0.2, 0.25) is 0 Å². The maximum atomic E-state index is 12.1. The minimum absolute atomic E-state index is 0.0350. The van der Waals surface area contributed by atoms with Crippen molar-refractivity contribution in [3.63, 3.8) is 0 Å². The highest BCUT2D eigenvalue weighted by atomic mass is 16.5. The Hall–Kier alpha value is -3.00. The molecule has 2 aromatic rings. The number of hydrogen-bond donors (Lipinski definition) is 1. The van der Waals surface area contributed by atoms with Crippen LogP contribution in [0.3, 0.4) is 0 Å². The predicted molar refractivity (Wildman–Crippen MR) is 78.7 cm³/mol. The van der Waals surface area contributed by atoms with Crippen molar-refractivity contribution in [2.45, 2.75) is 6.92 Å². The third-order valence-corrected chi connectivity index (χ3v) is 2.74. The van der Waals surface area contributed by atoms with Gasteiger partial charge >= 0.3 is 0 Å². The van der Waals surface area contributed by atoms with Gasteiger partial charge in [-0.2, -0.15) is 5.26 Å². The number of furan rings is 1. The van der Waals surface area contributed by atoms with Gasteiger partial charge in [-0.1, -0.05) is 6.07 Å². The van der Waals surface area contributed by atoms with E-state index < -0.39 is 5.91 Å². The summed E-state index contributed by atoms with van der Waals surface area (Å²) in [6.45, 7) is 1.79. The molecule has 0 spiro atoms. The van der Waals surface area contributed by atoms with Crippen molar-refractivity contribution in [1.29, 1.82) is 5.26 Å². The summed E-state index contributed by atoms with van der Waals surface area (Å²) in [5.41, 5.74) is 0.517. The lowest BCUT2D eigenvalue weighted by Gasteiger charge is -2.06. The second kappa shape index (κ2) is 6.44. The van der Waals surface area contributed by atoms with Gasteiger partial charge < -0.3 is 14.5 Å². The first-order valence-electron chi connectivity index (χ1n) is 6.26. The van der Waals surface area contributed by atoms with Crippen molar-refractivity contribution in [3.05, 3.63) is 53.5 Å². The van der Waals surface area contributed by atoms with E-state index in [1.165, 1.54) is 6.08 Å². The average molecular weight is 282 g/mol. The molecule has 0 atom stereocenters. The van der Waals surface area contributed by atoms with E-state index in [9.17, 15) is 4.79 Å². The Morgan fingerprint density at radius 1 is 1.38 bits per heavy atom. The molecule has 2 rings (SSSR count). The molecule has 0 bridgehead atoms. The third-order valence-electron chi connectivity index (χ3n) is 2.74. The number of nitrogens with zero attached hydrogens (tertiary/aromatic N) is 1. The molecule has 0 radical (unpaired) electrons. The number of nitriles is 1. The van der Waals surface area contributed by atoms with Crippen LogP contribution < -0.4 is 10.1 Å². The van der Waals surface area contributed by atoms with Crippen molar-refractivity contribution in [2.24, 2.45) is 0 Å². The molecule has 0 fully saturated rings. The van der Waals surface area contributed by atoms with Crippen LogP contribution in [0.25, 0.3) is 6.08 Å². The van der Waals surface area contributed by atoms with Gasteiger partial charge in [0.05, 0.1) is 7.11 Å². The van der Waals surface area contributed by atoms with E-state index in [1.807, 2.05) is 6.07 Å². The van der Waals surface area contributed by atoms with E-state index in [1.54, 1.807) is 50.4 Å². The Balaban J connectivity index is 2.17. The SMILES string of the molecule is COc1cccc(NC(=O)/C(C#N)=C\c2ccc(C)o2)c1. The Kier molecular flexibility index (Phi) is 4.42. The first kappa shape index (κ1) is 14.4. The number of methoxy groups -OCH3 is 1. The minimum Gasteiger partial charge on any atom is -0.497 e. The van der Waals surface area contributed by atoms with Crippen LogP contribution in [-0.4, -0.2) is 13.0 Å². The molecule has 0 saturated heterocycles. The number of nitrogens with one attached hydrogen (secondary N) is 1. The number of ether oxygens (including phenoxy) is 1. The highest BCUT2D eigenvalue weighted by molar-refractivity contribution is 6.09. The van der Waals surface area contributed by atoms with E-state index in [-0.39, 0.29) is 5.57 Å². The van der Waals surface area contributed by atoms with Crippen molar-refractivity contribution in [3.8, 4) is 11.8 Å². The molecule has 1 amide bonds. The standard InChI is InChI=1S/C16H14N2O3/c1-11-6-7-15(21-11)8-12(10-17)16(19)18-13-4-3-5-14(9-13)20-2/h3-9H,1-2H3,(H,18,19)/b12-8-. The van der Waals surface area contributed by atoms with Crippen molar-refractivity contribution >= 4 is 17.7 Å². The normalized spacial score (nSPS) is 10.8. The molecule has 1 heterocycles. The molecule has 5 nitrogen and oxygen atoms in total. The largest absolute Gasteiger partial charge is 0.497 e. The van der Waals surface area contributed by atoms with Crippen LogP contribution in [0.5, 0.6) is 5.75 Å². The topological polar surface area (TPSA) is 75.3 Å². The van der Waals surface area contributed by atoms with Gasteiger partial charge in [-0.05, 0) is 31.2 Å². The van der Waals surface area contributed by atoms with Crippen LogP contribution in [-0.2, 0) is 4.79 Å². The molecule has 1 aromatic carbocycles. The molecule has 106 valence electrons. The van der Waals surface area contributed by atoms with Crippen molar-refractivity contribution < 1.29 is 13.9 Å². The van der Waals surface area contributed by atoms with Gasteiger partial charge in [0.2, 0.25) is 0 Å². The Bertz CT molecular complexity index is 723. The van der Waals surface area contributed by atoms with Gasteiger partial charge in [-0.15, -0.1) is 0 Å². The van der Waals surface area contributed by atoms with Gasteiger partial charge in [-0.3, -0.25) is 4.79 Å². The number of hydrogen-bond acceptors (Lipinski definition) is 4. The molecule has 0 aliphatic rings. The van der Waals surface area contributed by atoms with Crippen LogP contribution >= 0.6 is 0 Å². The lowest BCUT2D eigenvalue weighted by molar-refractivity contribution is -0.112. The molecule has 0 saturated carbocycles. The number of benzene rings is 1. The summed E-state index contributed by atoms with van der Waals surface area (Å²) in [6, 6.07) is 12.2. The average Bonchev–Trinajstić information content (AvgIpc) is 2.90. The van der Waals surface area contributed by atoms with E-state index in [0.29, 0.717) is 23.0 Å². The first-order valence-corrected chi connectivity index (χ1v) is 6.26. The zero-order valence-corrected chi connectivity index (χ0v) is 11.7. The number of carbonyl (C=O) groups excluding carboxylic acids is 1. The van der Waals surface area contributed by atoms with Crippen LogP contribution in [0.15, 0.2) is 46.4 Å². The van der Waals surface area contributed by atoms with E-state index >= 15 is 0 Å². The molecule has 21 heavy (non-hydrogen) atoms. The van der Waals surface area contributed by atoms with Gasteiger partial charge in [0, 0.05) is 17.8 Å². The number of amides is 1. The smallest absolute Gasteiger partial charge is 0.266 e. The Morgan fingerprint density at radius 3 is 2.81 bits per heavy atom. The molecular weight excluding hydrogens is 268 g/mol. The zero-order chi connectivity index (χ0) is 15.2. The van der Waals surface area contributed by atoms with Gasteiger partial charge in [0.1, 0.15) is 28.9 Å². The summed E-state index contributed by atoms with van der Waals surface area (Å²) in [5, 5.41) is 11.7. The molecule has 5 heteroatoms. The summed E-state index contributed by atoms with van der Waals surface area (Å²) < 4.78 is 10.4. The summed E-state index contributed by atoms with van der Waals surface area (Å²) in [6.07, 6.45) is 1.41. The quantitative estimate of drug-likeness (QED) is 0.690. The maximum absolute atomic E-state index is 12.1. The fourth-order valence-corrected chi connectivity index (χ4v) is 1.72. The van der Waals surface area contributed by atoms with E-state index in [4.69, 9.17) is 14.4 Å². The maximum Gasteiger partial charge on any atom is 0.266 e. The van der Waals surface area contributed by atoms with Crippen LogP contribution in [0.4, 0.5) is 5.69 Å². The number of anilines is 1. The van der Waals surface area contributed by atoms with Crippen LogP contribution in [0, 0.1) is 18.3 Å². The number of rotatable bonds is 4. The fourth-order valence-electron chi connectivity index (χ4n) is 1.72. The molecule has 1 N–H and O–H groups in total. The molecule has 0 unspecified atom stereocenters. The zero-order valence-electron chi connectivity index (χ0n) is 11.7. The van der Waals surface area contributed by atoms with Crippen molar-refractivity contribution in [2.75, 3.05) is 12.4 Å². The molecular formula is C16H14N2O3. The monoisotopic (exact) mass is 282 g/mol. The number of carbonyl (C=O) groups is 1. The summed E-state index contributed by atoms with van der Waals surface area (Å²) in [7, 11) is 1.54. The summed E-state index contributed by atoms with van der Waals surface area (Å²) in [5.74, 6) is 1.30. The molecule has 1 aromatic heterocycles. The van der Waals surface area contributed by atoms with Gasteiger partial charge in [-0.25, -0.2) is 0 Å². The Labute approximate surface area is 122 Å². The third kappa shape index (κ3) is 3.74. The predicted octanol–water partition coefficient (Wildman–Crippen LogP) is 3.14. The fraction of sp³-hybridized carbons (Fsp3) is 0.125. The highest BCUT2D eigenvalue weighted by Crippen LogP contribution is 2.18. The van der Waals surface area contributed by atoms with E-state index in [0.717, 1.165) is 0 Å². The Morgan fingerprint density at radius 2 is 2.19 bits per heavy atom. The summed E-state index contributed by atoms with van der Waals surface area (Å²) in [4.78, 5) is 12.1. The number of aryl methyl sites for hydroxylation is 1. The second-order valence-electron chi connectivity index (χ2n) is 4.30. The molecule has 0 aliphatic carbocycles. The lowest BCUT2D eigenvalue weighted by atomic mass is 10.2. The van der Waals surface area contributed by atoms with Gasteiger partial charge in [0.15, 0.2) is 0 Å². The highest BCUT2D eigenvalue weighted by Gasteiger charge is 2.11. The summed E-state index contributed by atoms with van der Waals surface area (Å²) >= 11 is 0. The van der Waals surface area contributed by atoms with Gasteiger partial charge in [0.25, 0.3) is 5.91 Å². The molecule has 0 aliphatic heterocycles.